The van der Waals surface area contributed by atoms with Crippen LogP contribution in [0.2, 0.25) is 0 Å². The molecule has 1 saturated heterocycles. The Labute approximate surface area is 189 Å². The lowest BCUT2D eigenvalue weighted by molar-refractivity contribution is -0.115. The Bertz CT molecular complexity index is 1080. The second kappa shape index (κ2) is 8.19. The third-order valence-electron chi connectivity index (χ3n) is 6.29. The van der Waals surface area contributed by atoms with Crippen molar-refractivity contribution in [3.8, 4) is 0 Å². The molecule has 0 saturated carbocycles. The van der Waals surface area contributed by atoms with Crippen molar-refractivity contribution in [2.24, 2.45) is 4.99 Å². The maximum absolute atomic E-state index is 12.6. The summed E-state index contributed by atoms with van der Waals surface area (Å²) < 4.78 is 0. The smallest absolute Gasteiger partial charge is 0.264 e. The first-order valence-electron chi connectivity index (χ1n) is 11.0. The molecular weight excluding hydrogens is 402 g/mol. The fourth-order valence-corrected chi connectivity index (χ4v) is 5.60. The van der Waals surface area contributed by atoms with Gasteiger partial charge >= 0.3 is 0 Å². The maximum atomic E-state index is 12.6. The van der Waals surface area contributed by atoms with Gasteiger partial charge in [0.25, 0.3) is 5.91 Å². The number of amidine groups is 1. The first kappa shape index (κ1) is 21.7. The highest BCUT2D eigenvalue weighted by Crippen LogP contribution is 2.44. The van der Waals surface area contributed by atoms with Crippen molar-refractivity contribution in [2.75, 3.05) is 11.4 Å². The van der Waals surface area contributed by atoms with E-state index < -0.39 is 0 Å². The molecule has 5 heteroatoms. The third kappa shape index (κ3) is 4.29. The van der Waals surface area contributed by atoms with Gasteiger partial charge in [0.2, 0.25) is 0 Å². The zero-order chi connectivity index (χ0) is 22.3. The molecule has 2 aromatic rings. The number of hydrogen-bond donors (Lipinski definition) is 1. The average molecular weight is 434 g/mol. The number of amides is 1. The van der Waals surface area contributed by atoms with Crippen molar-refractivity contribution in [1.29, 1.82) is 0 Å². The van der Waals surface area contributed by atoms with Crippen LogP contribution in [0.25, 0.3) is 6.08 Å². The monoisotopic (exact) mass is 433 g/mol. The van der Waals surface area contributed by atoms with Crippen molar-refractivity contribution in [3.05, 3.63) is 63.6 Å². The number of thioether (sulfide) groups is 1. The number of aryl methyl sites for hydroxylation is 2. The fraction of sp³-hybridized carbons (Fsp3) is 0.385. The van der Waals surface area contributed by atoms with Gasteiger partial charge in [-0.3, -0.25) is 4.79 Å². The Morgan fingerprint density at radius 3 is 2.61 bits per heavy atom. The summed E-state index contributed by atoms with van der Waals surface area (Å²) in [7, 11) is 0. The summed E-state index contributed by atoms with van der Waals surface area (Å²) in [6.45, 7) is 14.4. The molecule has 1 N–H and O–H groups in total. The van der Waals surface area contributed by atoms with E-state index in [0.717, 1.165) is 24.2 Å². The molecular formula is C26H31N3OS. The zero-order valence-electron chi connectivity index (χ0n) is 19.2. The van der Waals surface area contributed by atoms with Gasteiger partial charge in [-0.25, -0.2) is 4.99 Å². The Balaban J connectivity index is 1.66. The minimum atomic E-state index is -0.0858. The molecule has 2 aliphatic heterocycles. The lowest BCUT2D eigenvalue weighted by Crippen LogP contribution is -2.48. The van der Waals surface area contributed by atoms with Gasteiger partial charge in [-0.05, 0) is 106 Å². The number of aliphatic imine (C=N–C) groups is 1. The van der Waals surface area contributed by atoms with E-state index in [2.05, 4.69) is 62.0 Å². The van der Waals surface area contributed by atoms with E-state index in [0.29, 0.717) is 16.0 Å². The molecule has 2 heterocycles. The van der Waals surface area contributed by atoms with E-state index in [1.807, 2.05) is 37.3 Å². The average Bonchev–Trinajstić information content (AvgIpc) is 3.03. The summed E-state index contributed by atoms with van der Waals surface area (Å²) in [5.74, 6) is 0.395. The summed E-state index contributed by atoms with van der Waals surface area (Å²) in [6.07, 6.45) is 3.13. The van der Waals surface area contributed by atoms with Crippen LogP contribution in [0.4, 0.5) is 11.4 Å². The van der Waals surface area contributed by atoms with Crippen LogP contribution in [0, 0.1) is 13.8 Å². The van der Waals surface area contributed by atoms with Crippen molar-refractivity contribution >= 4 is 40.3 Å². The molecule has 2 aliphatic rings. The predicted molar refractivity (Wildman–Crippen MR) is 133 cm³/mol. The number of hydrogen-bond acceptors (Lipinski definition) is 4. The normalized spacial score (nSPS) is 22.7. The van der Waals surface area contributed by atoms with Crippen LogP contribution >= 0.6 is 11.8 Å². The second-order valence-electron chi connectivity index (χ2n) is 9.25. The van der Waals surface area contributed by atoms with E-state index in [1.54, 1.807) is 0 Å². The summed E-state index contributed by atoms with van der Waals surface area (Å²) in [6, 6.07) is 12.6. The van der Waals surface area contributed by atoms with Gasteiger partial charge in [-0.15, -0.1) is 0 Å². The summed E-state index contributed by atoms with van der Waals surface area (Å²) in [5, 5.41) is 3.53. The SMILES string of the molecule is CCN1c2cc(C)c(/C=C3/SC(=Nc4ccc(C)cc4)NC3=O)cc2C(C)CC1(C)C. The molecule has 4 rings (SSSR count). The molecule has 162 valence electrons. The van der Waals surface area contributed by atoms with Gasteiger partial charge in [-0.2, -0.15) is 0 Å². The molecule has 0 spiro atoms. The minimum Gasteiger partial charge on any atom is -0.366 e. The van der Waals surface area contributed by atoms with Gasteiger partial charge in [0, 0.05) is 17.8 Å². The zero-order valence-corrected chi connectivity index (χ0v) is 20.1. The second-order valence-corrected chi connectivity index (χ2v) is 10.3. The number of nitrogens with one attached hydrogen (secondary N) is 1. The van der Waals surface area contributed by atoms with Gasteiger partial charge < -0.3 is 10.2 Å². The van der Waals surface area contributed by atoms with Gasteiger partial charge in [-0.1, -0.05) is 24.6 Å². The van der Waals surface area contributed by atoms with Crippen LogP contribution in [0.1, 0.15) is 62.3 Å². The van der Waals surface area contributed by atoms with Crippen molar-refractivity contribution in [3.63, 3.8) is 0 Å². The van der Waals surface area contributed by atoms with Gasteiger partial charge in [0.1, 0.15) is 0 Å². The highest BCUT2D eigenvalue weighted by molar-refractivity contribution is 8.18. The number of benzene rings is 2. The Kier molecular flexibility index (Phi) is 5.73. The molecule has 0 bridgehead atoms. The lowest BCUT2D eigenvalue weighted by atomic mass is 9.79. The van der Waals surface area contributed by atoms with Crippen LogP contribution in [-0.4, -0.2) is 23.2 Å². The Morgan fingerprint density at radius 1 is 1.23 bits per heavy atom. The van der Waals surface area contributed by atoms with E-state index in [9.17, 15) is 4.79 Å². The number of carbonyl (C=O) groups is 1. The quantitative estimate of drug-likeness (QED) is 0.577. The minimum absolute atomic E-state index is 0.0858. The molecule has 0 aliphatic carbocycles. The van der Waals surface area contributed by atoms with E-state index >= 15 is 0 Å². The Morgan fingerprint density at radius 2 is 1.94 bits per heavy atom. The number of fused-ring (bicyclic) bond motifs is 1. The molecule has 0 aromatic heterocycles. The first-order valence-corrected chi connectivity index (χ1v) is 11.8. The molecule has 31 heavy (non-hydrogen) atoms. The molecule has 1 atom stereocenters. The first-order chi connectivity index (χ1) is 14.7. The topological polar surface area (TPSA) is 44.7 Å². The van der Waals surface area contributed by atoms with Crippen LogP contribution in [0.5, 0.6) is 0 Å². The summed E-state index contributed by atoms with van der Waals surface area (Å²) in [4.78, 5) is 20.4. The molecule has 1 unspecified atom stereocenters. The molecule has 0 radical (unpaired) electrons. The van der Waals surface area contributed by atoms with Crippen molar-refractivity contribution in [1.82, 2.24) is 5.32 Å². The number of carbonyl (C=O) groups excluding carboxylic acids is 1. The number of nitrogens with zero attached hydrogens (tertiary/aromatic N) is 2. The Hall–Kier alpha value is -2.53. The highest BCUT2D eigenvalue weighted by Gasteiger charge is 2.35. The van der Waals surface area contributed by atoms with E-state index in [1.165, 1.54) is 34.1 Å². The maximum Gasteiger partial charge on any atom is 0.264 e. The molecule has 4 nitrogen and oxygen atoms in total. The number of anilines is 1. The van der Waals surface area contributed by atoms with Crippen molar-refractivity contribution in [2.45, 2.75) is 59.4 Å². The fourth-order valence-electron chi connectivity index (χ4n) is 4.76. The van der Waals surface area contributed by atoms with Gasteiger partial charge in [0.15, 0.2) is 5.17 Å². The standard InChI is InChI=1S/C26H31N3OS/c1-7-29-22-12-17(3)19(13-21(22)18(4)15-26(29,5)6)14-23-24(30)28-25(31-23)27-20-10-8-16(2)9-11-20/h8-14,18H,7,15H2,1-6H3,(H,27,28,30)/b23-14+. The van der Waals surface area contributed by atoms with E-state index in [-0.39, 0.29) is 11.4 Å². The van der Waals surface area contributed by atoms with Crippen LogP contribution in [-0.2, 0) is 4.79 Å². The number of rotatable bonds is 3. The van der Waals surface area contributed by atoms with Crippen LogP contribution < -0.4 is 10.2 Å². The third-order valence-corrected chi connectivity index (χ3v) is 7.20. The predicted octanol–water partition coefficient (Wildman–Crippen LogP) is 6.31. The summed E-state index contributed by atoms with van der Waals surface area (Å²) >= 11 is 1.40. The largest absolute Gasteiger partial charge is 0.366 e. The van der Waals surface area contributed by atoms with Crippen LogP contribution in [0.15, 0.2) is 46.3 Å². The highest BCUT2D eigenvalue weighted by atomic mass is 32.2. The van der Waals surface area contributed by atoms with E-state index in [4.69, 9.17) is 0 Å². The van der Waals surface area contributed by atoms with Crippen molar-refractivity contribution < 1.29 is 4.79 Å². The molecule has 1 fully saturated rings. The summed E-state index contributed by atoms with van der Waals surface area (Å²) in [5.41, 5.74) is 7.18. The molecule has 1 amide bonds. The van der Waals surface area contributed by atoms with Gasteiger partial charge in [0.05, 0.1) is 10.6 Å². The lowest BCUT2D eigenvalue weighted by Gasteiger charge is -2.47. The molecule has 2 aromatic carbocycles. The van der Waals surface area contributed by atoms with Crippen LogP contribution in [0.3, 0.4) is 0 Å².